The molecule has 35 heavy (non-hydrogen) atoms. The van der Waals surface area contributed by atoms with Crippen LogP contribution in [0.25, 0.3) is 0 Å². The van der Waals surface area contributed by atoms with Crippen LogP contribution in [0.4, 0.5) is 11.4 Å². The largest absolute Gasteiger partial charge is 0.457 e. The third-order valence-corrected chi connectivity index (χ3v) is 5.68. The van der Waals surface area contributed by atoms with Gasteiger partial charge in [-0.25, -0.2) is 0 Å². The minimum atomic E-state index is -0.506. The van der Waals surface area contributed by atoms with Crippen LogP contribution < -0.4 is 15.4 Å². The molecular formula is C27H25ClN4O3. The van der Waals surface area contributed by atoms with E-state index in [-0.39, 0.29) is 11.8 Å². The highest BCUT2D eigenvalue weighted by atomic mass is 35.5. The van der Waals surface area contributed by atoms with Gasteiger partial charge in [0.2, 0.25) is 5.91 Å². The number of benzene rings is 3. The highest BCUT2D eigenvalue weighted by Gasteiger charge is 2.19. The van der Waals surface area contributed by atoms with Crippen LogP contribution in [-0.4, -0.2) is 21.6 Å². The highest BCUT2D eigenvalue weighted by Crippen LogP contribution is 2.27. The molecule has 2 N–H and O–H groups in total. The van der Waals surface area contributed by atoms with Crippen molar-refractivity contribution in [1.82, 2.24) is 9.78 Å². The molecule has 3 aromatic carbocycles. The van der Waals surface area contributed by atoms with Crippen molar-refractivity contribution in [2.75, 3.05) is 10.6 Å². The van der Waals surface area contributed by atoms with Gasteiger partial charge in [-0.15, -0.1) is 0 Å². The van der Waals surface area contributed by atoms with Crippen LogP contribution >= 0.6 is 11.6 Å². The number of carbonyl (C=O) groups excluding carboxylic acids is 2. The Morgan fingerprint density at radius 1 is 0.914 bits per heavy atom. The summed E-state index contributed by atoms with van der Waals surface area (Å²) >= 11 is 6.38. The number of halogens is 1. The SMILES string of the molecule is Cc1cc(C)n(C(C)C(=O)Nc2ccc(NC(=O)c3ccc(Oc4ccccc4)cc3)cc2Cl)n1. The van der Waals surface area contributed by atoms with Gasteiger partial charge in [0.25, 0.3) is 5.91 Å². The average molecular weight is 489 g/mol. The smallest absolute Gasteiger partial charge is 0.255 e. The number of para-hydroxylation sites is 1. The molecule has 0 saturated carbocycles. The van der Waals surface area contributed by atoms with Gasteiger partial charge < -0.3 is 15.4 Å². The lowest BCUT2D eigenvalue weighted by molar-refractivity contribution is -0.119. The molecule has 0 fully saturated rings. The Morgan fingerprint density at radius 3 is 2.23 bits per heavy atom. The third kappa shape index (κ3) is 5.88. The van der Waals surface area contributed by atoms with E-state index in [2.05, 4.69) is 15.7 Å². The molecule has 1 heterocycles. The summed E-state index contributed by atoms with van der Waals surface area (Å²) in [4.78, 5) is 25.4. The first kappa shape index (κ1) is 24.0. The number of aryl methyl sites for hydroxylation is 2. The first-order valence-corrected chi connectivity index (χ1v) is 11.5. The van der Waals surface area contributed by atoms with E-state index in [0.29, 0.717) is 27.7 Å². The van der Waals surface area contributed by atoms with E-state index in [1.807, 2.05) is 50.2 Å². The molecule has 4 aromatic rings. The zero-order chi connectivity index (χ0) is 24.9. The summed E-state index contributed by atoms with van der Waals surface area (Å²) in [5.41, 5.74) is 3.17. The number of aromatic nitrogens is 2. The Morgan fingerprint density at radius 2 is 1.60 bits per heavy atom. The Hall–Kier alpha value is -4.10. The monoisotopic (exact) mass is 488 g/mol. The number of amides is 2. The maximum atomic E-state index is 12.7. The molecule has 178 valence electrons. The van der Waals surface area contributed by atoms with Gasteiger partial charge in [-0.3, -0.25) is 14.3 Å². The summed E-state index contributed by atoms with van der Waals surface area (Å²) < 4.78 is 7.43. The summed E-state index contributed by atoms with van der Waals surface area (Å²) in [6.07, 6.45) is 0. The zero-order valence-corrected chi connectivity index (χ0v) is 20.3. The molecule has 0 aliphatic rings. The third-order valence-electron chi connectivity index (χ3n) is 5.37. The Labute approximate surface area is 208 Å². The number of hydrogen-bond donors (Lipinski definition) is 2. The number of ether oxygens (including phenoxy) is 1. The summed E-state index contributed by atoms with van der Waals surface area (Å²) in [7, 11) is 0. The van der Waals surface area contributed by atoms with E-state index in [0.717, 1.165) is 17.1 Å². The minimum Gasteiger partial charge on any atom is -0.457 e. The molecule has 1 aromatic heterocycles. The molecular weight excluding hydrogens is 464 g/mol. The van der Waals surface area contributed by atoms with Gasteiger partial charge in [0.15, 0.2) is 0 Å². The average Bonchev–Trinajstić information content (AvgIpc) is 3.19. The predicted octanol–water partition coefficient (Wildman–Crippen LogP) is 6.40. The molecule has 7 nitrogen and oxygen atoms in total. The molecule has 0 aliphatic carbocycles. The van der Waals surface area contributed by atoms with E-state index in [4.69, 9.17) is 16.3 Å². The maximum absolute atomic E-state index is 12.7. The molecule has 0 spiro atoms. The number of hydrogen-bond acceptors (Lipinski definition) is 4. The molecule has 0 aliphatic heterocycles. The first-order valence-electron chi connectivity index (χ1n) is 11.1. The molecule has 8 heteroatoms. The Kier molecular flexibility index (Phi) is 7.17. The topological polar surface area (TPSA) is 85.2 Å². The van der Waals surface area contributed by atoms with E-state index >= 15 is 0 Å². The van der Waals surface area contributed by atoms with Crippen molar-refractivity contribution >= 4 is 34.8 Å². The fraction of sp³-hybridized carbons (Fsp3) is 0.148. The fourth-order valence-corrected chi connectivity index (χ4v) is 3.81. The van der Waals surface area contributed by atoms with E-state index in [9.17, 15) is 9.59 Å². The van der Waals surface area contributed by atoms with Gasteiger partial charge in [0.05, 0.1) is 16.4 Å². The molecule has 0 radical (unpaired) electrons. The van der Waals surface area contributed by atoms with Crippen molar-refractivity contribution in [2.45, 2.75) is 26.8 Å². The zero-order valence-electron chi connectivity index (χ0n) is 19.6. The number of nitrogens with one attached hydrogen (secondary N) is 2. The highest BCUT2D eigenvalue weighted by molar-refractivity contribution is 6.34. The van der Waals surface area contributed by atoms with Crippen molar-refractivity contribution in [1.29, 1.82) is 0 Å². The molecule has 1 unspecified atom stereocenters. The van der Waals surface area contributed by atoms with Crippen molar-refractivity contribution in [3.63, 3.8) is 0 Å². The second-order valence-electron chi connectivity index (χ2n) is 8.13. The molecule has 0 bridgehead atoms. The van der Waals surface area contributed by atoms with Gasteiger partial charge >= 0.3 is 0 Å². The summed E-state index contributed by atoms with van der Waals surface area (Å²) in [6.45, 7) is 5.55. The number of rotatable bonds is 7. The quantitative estimate of drug-likeness (QED) is 0.315. The van der Waals surface area contributed by atoms with Crippen LogP contribution in [-0.2, 0) is 4.79 Å². The van der Waals surface area contributed by atoms with Crippen LogP contribution in [0.5, 0.6) is 11.5 Å². The lowest BCUT2D eigenvalue weighted by Crippen LogP contribution is -2.25. The van der Waals surface area contributed by atoms with Gasteiger partial charge in [-0.1, -0.05) is 29.8 Å². The van der Waals surface area contributed by atoms with Crippen LogP contribution in [0.2, 0.25) is 5.02 Å². The summed E-state index contributed by atoms with van der Waals surface area (Å²) in [6, 6.07) is 22.6. The molecule has 1 atom stereocenters. The number of carbonyl (C=O) groups is 2. The second kappa shape index (κ2) is 10.4. The van der Waals surface area contributed by atoms with E-state index in [1.54, 1.807) is 54.1 Å². The van der Waals surface area contributed by atoms with Crippen molar-refractivity contribution in [2.24, 2.45) is 0 Å². The van der Waals surface area contributed by atoms with Gasteiger partial charge in [-0.05, 0) is 81.4 Å². The van der Waals surface area contributed by atoms with Crippen molar-refractivity contribution in [3.05, 3.63) is 101 Å². The Balaban J connectivity index is 1.38. The molecule has 4 rings (SSSR count). The maximum Gasteiger partial charge on any atom is 0.255 e. The van der Waals surface area contributed by atoms with E-state index in [1.165, 1.54) is 0 Å². The normalized spacial score (nSPS) is 11.5. The second-order valence-corrected chi connectivity index (χ2v) is 8.53. The summed E-state index contributed by atoms with van der Waals surface area (Å²) in [5.74, 6) is 0.816. The fourth-order valence-electron chi connectivity index (χ4n) is 3.58. The number of nitrogens with zero attached hydrogens (tertiary/aromatic N) is 2. The van der Waals surface area contributed by atoms with Gasteiger partial charge in [0, 0.05) is 16.9 Å². The van der Waals surface area contributed by atoms with Crippen molar-refractivity contribution < 1.29 is 14.3 Å². The predicted molar refractivity (Wildman–Crippen MR) is 137 cm³/mol. The minimum absolute atomic E-state index is 0.243. The van der Waals surface area contributed by atoms with Crippen LogP contribution in [0, 0.1) is 13.8 Å². The molecule has 2 amide bonds. The van der Waals surface area contributed by atoms with Crippen LogP contribution in [0.15, 0.2) is 78.9 Å². The van der Waals surface area contributed by atoms with Gasteiger partial charge in [-0.2, -0.15) is 5.10 Å². The van der Waals surface area contributed by atoms with E-state index < -0.39 is 6.04 Å². The molecule has 0 saturated heterocycles. The number of anilines is 2. The Bertz CT molecular complexity index is 1350. The summed E-state index contributed by atoms with van der Waals surface area (Å²) in [5, 5.41) is 10.3. The standard InChI is InChI=1S/C27H25ClN4O3/c1-17-15-18(2)32(31-17)19(3)26(33)30-25-14-11-21(16-24(25)28)29-27(34)20-9-12-23(13-10-20)35-22-7-5-4-6-8-22/h4-16,19H,1-3H3,(H,29,34)(H,30,33). The van der Waals surface area contributed by atoms with Crippen LogP contribution in [0.1, 0.15) is 34.7 Å². The first-order chi connectivity index (χ1) is 16.8. The van der Waals surface area contributed by atoms with Gasteiger partial charge in [0.1, 0.15) is 17.5 Å². The lowest BCUT2D eigenvalue weighted by Gasteiger charge is -2.16. The lowest BCUT2D eigenvalue weighted by atomic mass is 10.2. The van der Waals surface area contributed by atoms with Crippen molar-refractivity contribution in [3.8, 4) is 11.5 Å². The van der Waals surface area contributed by atoms with Crippen LogP contribution in [0.3, 0.4) is 0 Å².